The molecule has 0 radical (unpaired) electrons. The monoisotopic (exact) mass is 414 g/mol. The van der Waals surface area contributed by atoms with E-state index in [1.54, 1.807) is 0 Å². The van der Waals surface area contributed by atoms with Crippen molar-refractivity contribution in [2.24, 2.45) is 0 Å². The minimum atomic E-state index is 0.139. The SMILES string of the molecule is Clc1cc(C(Br)c2ccc3c(c2)CCCO3)ccc1Br. The van der Waals surface area contributed by atoms with Gasteiger partial charge in [0.25, 0.3) is 0 Å². The Morgan fingerprint density at radius 1 is 1.10 bits per heavy atom. The predicted molar refractivity (Wildman–Crippen MR) is 90.2 cm³/mol. The third kappa shape index (κ3) is 2.90. The molecule has 0 fully saturated rings. The molecule has 1 nitrogen and oxygen atoms in total. The van der Waals surface area contributed by atoms with E-state index in [1.807, 2.05) is 12.1 Å². The molecule has 1 heterocycles. The average molecular weight is 417 g/mol. The Bertz CT molecular complexity index is 642. The van der Waals surface area contributed by atoms with Gasteiger partial charge in [-0.1, -0.05) is 45.7 Å². The van der Waals surface area contributed by atoms with Gasteiger partial charge in [-0.3, -0.25) is 0 Å². The fourth-order valence-electron chi connectivity index (χ4n) is 2.40. The van der Waals surface area contributed by atoms with Gasteiger partial charge in [-0.15, -0.1) is 0 Å². The second-order valence-electron chi connectivity index (χ2n) is 4.86. The molecule has 20 heavy (non-hydrogen) atoms. The molecule has 0 aliphatic carbocycles. The van der Waals surface area contributed by atoms with Gasteiger partial charge in [0.05, 0.1) is 16.5 Å². The fourth-order valence-corrected chi connectivity index (χ4v) is 3.41. The van der Waals surface area contributed by atoms with Crippen LogP contribution in [0.4, 0.5) is 0 Å². The highest BCUT2D eigenvalue weighted by molar-refractivity contribution is 9.10. The Morgan fingerprint density at radius 3 is 2.65 bits per heavy atom. The summed E-state index contributed by atoms with van der Waals surface area (Å²) in [5.41, 5.74) is 3.67. The maximum atomic E-state index is 6.17. The van der Waals surface area contributed by atoms with Gasteiger partial charge in [0, 0.05) is 4.47 Å². The summed E-state index contributed by atoms with van der Waals surface area (Å²) in [5, 5.41) is 0.730. The van der Waals surface area contributed by atoms with Gasteiger partial charge in [-0.2, -0.15) is 0 Å². The van der Waals surface area contributed by atoms with Crippen LogP contribution < -0.4 is 4.74 Å². The Morgan fingerprint density at radius 2 is 1.85 bits per heavy atom. The van der Waals surface area contributed by atoms with Crippen molar-refractivity contribution in [2.75, 3.05) is 6.61 Å². The lowest BCUT2D eigenvalue weighted by Crippen LogP contribution is -2.08. The third-order valence-electron chi connectivity index (χ3n) is 3.46. The standard InChI is InChI=1S/C16H13Br2ClO/c17-13-5-3-12(9-14(13)19)16(18)11-4-6-15-10(8-11)2-1-7-20-15/h3-6,8-9,16H,1-2,7H2. The number of ether oxygens (including phenoxy) is 1. The highest BCUT2D eigenvalue weighted by atomic mass is 79.9. The summed E-state index contributed by atoms with van der Waals surface area (Å²) in [6.07, 6.45) is 2.18. The molecule has 0 bridgehead atoms. The summed E-state index contributed by atoms with van der Waals surface area (Å²) < 4.78 is 6.57. The summed E-state index contributed by atoms with van der Waals surface area (Å²) in [6.45, 7) is 0.826. The molecule has 1 atom stereocenters. The van der Waals surface area contributed by atoms with E-state index in [4.69, 9.17) is 16.3 Å². The molecular formula is C16H13Br2ClO. The molecule has 0 amide bonds. The average Bonchev–Trinajstić information content (AvgIpc) is 2.49. The molecule has 2 aromatic carbocycles. The second kappa shape index (κ2) is 6.08. The maximum Gasteiger partial charge on any atom is 0.122 e. The summed E-state index contributed by atoms with van der Waals surface area (Å²) >= 11 is 13.4. The lowest BCUT2D eigenvalue weighted by atomic mass is 9.99. The van der Waals surface area contributed by atoms with Gasteiger partial charge in [-0.05, 0) is 63.7 Å². The van der Waals surface area contributed by atoms with E-state index in [1.165, 1.54) is 11.1 Å². The first kappa shape index (κ1) is 14.4. The van der Waals surface area contributed by atoms with Crippen LogP contribution in [0.2, 0.25) is 5.02 Å². The van der Waals surface area contributed by atoms with Crippen LogP contribution in [-0.4, -0.2) is 6.61 Å². The number of hydrogen-bond donors (Lipinski definition) is 0. The van der Waals surface area contributed by atoms with Crippen molar-refractivity contribution in [2.45, 2.75) is 17.7 Å². The van der Waals surface area contributed by atoms with Crippen molar-refractivity contribution in [3.8, 4) is 5.75 Å². The van der Waals surface area contributed by atoms with Gasteiger partial charge in [-0.25, -0.2) is 0 Å². The molecule has 0 spiro atoms. The molecule has 0 saturated heterocycles. The van der Waals surface area contributed by atoms with Crippen LogP contribution >= 0.6 is 43.5 Å². The van der Waals surface area contributed by atoms with Crippen molar-refractivity contribution in [1.29, 1.82) is 0 Å². The first-order chi connectivity index (χ1) is 9.65. The van der Waals surface area contributed by atoms with E-state index >= 15 is 0 Å². The van der Waals surface area contributed by atoms with Gasteiger partial charge < -0.3 is 4.74 Å². The van der Waals surface area contributed by atoms with Gasteiger partial charge >= 0.3 is 0 Å². The fraction of sp³-hybridized carbons (Fsp3) is 0.250. The Kier molecular flexibility index (Phi) is 4.39. The molecule has 0 aromatic heterocycles. The molecule has 4 heteroatoms. The van der Waals surface area contributed by atoms with Crippen molar-refractivity contribution in [1.82, 2.24) is 0 Å². The molecule has 3 rings (SSSR count). The molecular weight excluding hydrogens is 403 g/mol. The molecule has 0 N–H and O–H groups in total. The van der Waals surface area contributed by atoms with E-state index in [0.29, 0.717) is 0 Å². The Labute approximate surface area is 140 Å². The molecule has 1 unspecified atom stereocenters. The molecule has 0 saturated carbocycles. The zero-order valence-corrected chi connectivity index (χ0v) is 14.6. The van der Waals surface area contributed by atoms with Crippen LogP contribution in [0.3, 0.4) is 0 Å². The van der Waals surface area contributed by atoms with E-state index in [9.17, 15) is 0 Å². The normalized spacial score (nSPS) is 15.3. The minimum absolute atomic E-state index is 0.139. The number of halogens is 3. The summed E-state index contributed by atoms with van der Waals surface area (Å²) in [6, 6.07) is 12.4. The number of rotatable bonds is 2. The van der Waals surface area contributed by atoms with Crippen LogP contribution in [-0.2, 0) is 6.42 Å². The second-order valence-corrected chi connectivity index (χ2v) is 7.03. The van der Waals surface area contributed by atoms with Crippen LogP contribution in [0.1, 0.15) is 27.9 Å². The number of hydrogen-bond acceptors (Lipinski definition) is 1. The van der Waals surface area contributed by atoms with Crippen LogP contribution in [0.25, 0.3) is 0 Å². The third-order valence-corrected chi connectivity index (χ3v) is 5.75. The van der Waals surface area contributed by atoms with Crippen LogP contribution in [0, 0.1) is 0 Å². The highest BCUT2D eigenvalue weighted by Crippen LogP contribution is 2.37. The van der Waals surface area contributed by atoms with Crippen LogP contribution in [0.15, 0.2) is 40.9 Å². The molecule has 2 aromatic rings. The van der Waals surface area contributed by atoms with E-state index in [0.717, 1.165) is 40.3 Å². The first-order valence-electron chi connectivity index (χ1n) is 6.50. The highest BCUT2D eigenvalue weighted by Gasteiger charge is 2.16. The van der Waals surface area contributed by atoms with Crippen LogP contribution in [0.5, 0.6) is 5.75 Å². The van der Waals surface area contributed by atoms with Gasteiger partial charge in [0.2, 0.25) is 0 Å². The number of fused-ring (bicyclic) bond motifs is 1. The van der Waals surface area contributed by atoms with E-state index in [-0.39, 0.29) is 4.83 Å². The Balaban J connectivity index is 1.93. The topological polar surface area (TPSA) is 9.23 Å². The van der Waals surface area contributed by atoms with Gasteiger partial charge in [0.15, 0.2) is 0 Å². The van der Waals surface area contributed by atoms with Crippen molar-refractivity contribution < 1.29 is 4.74 Å². The van der Waals surface area contributed by atoms with E-state index in [2.05, 4.69) is 56.1 Å². The molecule has 1 aliphatic heterocycles. The smallest absolute Gasteiger partial charge is 0.122 e. The van der Waals surface area contributed by atoms with Crippen molar-refractivity contribution >= 4 is 43.5 Å². The maximum absolute atomic E-state index is 6.17. The lowest BCUT2D eigenvalue weighted by Gasteiger charge is -2.19. The van der Waals surface area contributed by atoms with Gasteiger partial charge in [0.1, 0.15) is 5.75 Å². The van der Waals surface area contributed by atoms with Crippen molar-refractivity contribution in [3.05, 3.63) is 62.6 Å². The summed E-state index contributed by atoms with van der Waals surface area (Å²) in [5.74, 6) is 1.02. The predicted octanol–water partition coefficient (Wildman–Crippen LogP) is 5.91. The van der Waals surface area contributed by atoms with Crippen molar-refractivity contribution in [3.63, 3.8) is 0 Å². The number of alkyl halides is 1. The largest absolute Gasteiger partial charge is 0.493 e. The zero-order chi connectivity index (χ0) is 14.1. The van der Waals surface area contributed by atoms with E-state index < -0.39 is 0 Å². The first-order valence-corrected chi connectivity index (χ1v) is 8.58. The minimum Gasteiger partial charge on any atom is -0.493 e. The quantitative estimate of drug-likeness (QED) is 0.553. The Hall–Kier alpha value is -0.510. The molecule has 1 aliphatic rings. The number of aryl methyl sites for hydroxylation is 1. The summed E-state index contributed by atoms with van der Waals surface area (Å²) in [7, 11) is 0. The molecule has 104 valence electrons. The number of benzene rings is 2. The zero-order valence-electron chi connectivity index (χ0n) is 10.7. The summed E-state index contributed by atoms with van der Waals surface area (Å²) in [4.78, 5) is 0.139. The lowest BCUT2D eigenvalue weighted by molar-refractivity contribution is 0.288.